The fraction of sp³-hybridized carbons (Fsp3) is 0.379. The molecule has 11 heteroatoms. The number of carbonyl (C=O) groups is 4. The summed E-state index contributed by atoms with van der Waals surface area (Å²) in [7, 11) is 0. The number of amides is 3. The van der Waals surface area contributed by atoms with Crippen molar-refractivity contribution < 1.29 is 24.3 Å². The highest BCUT2D eigenvalue weighted by atomic mass is 16.4. The van der Waals surface area contributed by atoms with Crippen LogP contribution in [0.25, 0.3) is 10.9 Å². The number of aliphatic carboxylic acids is 1. The average Bonchev–Trinajstić information content (AvgIpc) is 3.35. The molecule has 11 nitrogen and oxygen atoms in total. The molecule has 0 bridgehead atoms. The maximum atomic E-state index is 13.4. The zero-order valence-corrected chi connectivity index (χ0v) is 22.6. The second kappa shape index (κ2) is 14.8. The minimum absolute atomic E-state index is 0.0872. The molecule has 1 aromatic heterocycles. The van der Waals surface area contributed by atoms with E-state index in [-0.39, 0.29) is 12.8 Å². The number of fused-ring (bicyclic) bond motifs is 1. The average molecular weight is 551 g/mol. The number of carboxylic acids is 1. The van der Waals surface area contributed by atoms with Gasteiger partial charge < -0.3 is 37.5 Å². The van der Waals surface area contributed by atoms with Crippen molar-refractivity contribution in [3.63, 3.8) is 0 Å². The Balaban J connectivity index is 1.70. The summed E-state index contributed by atoms with van der Waals surface area (Å²) in [6.07, 6.45) is 3.83. The van der Waals surface area contributed by atoms with E-state index in [0.717, 1.165) is 28.5 Å². The van der Waals surface area contributed by atoms with Crippen LogP contribution in [0.2, 0.25) is 0 Å². The first-order valence-electron chi connectivity index (χ1n) is 13.4. The molecule has 40 heavy (non-hydrogen) atoms. The summed E-state index contributed by atoms with van der Waals surface area (Å²) in [5.74, 6) is -2.93. The quantitative estimate of drug-likeness (QED) is 0.137. The molecule has 0 aliphatic rings. The Hall–Kier alpha value is -4.22. The number of unbranched alkanes of at least 4 members (excludes halogenated alkanes) is 1. The Morgan fingerprint density at radius 2 is 1.52 bits per heavy atom. The fourth-order valence-corrected chi connectivity index (χ4v) is 4.37. The normalized spacial score (nSPS) is 14.1. The van der Waals surface area contributed by atoms with E-state index in [9.17, 15) is 24.3 Å². The van der Waals surface area contributed by atoms with Gasteiger partial charge in [-0.1, -0.05) is 55.0 Å². The Morgan fingerprint density at radius 1 is 0.850 bits per heavy atom. The zero-order chi connectivity index (χ0) is 29.1. The second-order valence-electron chi connectivity index (χ2n) is 9.84. The van der Waals surface area contributed by atoms with Gasteiger partial charge in [-0.05, 0) is 43.5 Å². The number of aromatic amines is 1. The maximum Gasteiger partial charge on any atom is 0.326 e. The van der Waals surface area contributed by atoms with Gasteiger partial charge in [-0.2, -0.15) is 0 Å². The van der Waals surface area contributed by atoms with Gasteiger partial charge in [-0.25, -0.2) is 4.79 Å². The van der Waals surface area contributed by atoms with E-state index in [0.29, 0.717) is 19.4 Å². The van der Waals surface area contributed by atoms with Crippen LogP contribution in [0.5, 0.6) is 0 Å². The smallest absolute Gasteiger partial charge is 0.326 e. The van der Waals surface area contributed by atoms with Crippen molar-refractivity contribution >= 4 is 34.6 Å². The number of carbonyl (C=O) groups excluding carboxylic acids is 3. The zero-order valence-electron chi connectivity index (χ0n) is 22.6. The van der Waals surface area contributed by atoms with Crippen molar-refractivity contribution in [3.05, 3.63) is 71.9 Å². The van der Waals surface area contributed by atoms with E-state index in [1.807, 2.05) is 30.3 Å². The molecule has 0 radical (unpaired) electrons. The molecule has 3 aromatic rings. The lowest BCUT2D eigenvalue weighted by molar-refractivity contribution is -0.142. The first-order chi connectivity index (χ1) is 19.2. The van der Waals surface area contributed by atoms with Crippen LogP contribution in [0.4, 0.5) is 0 Å². The number of H-pyrrole nitrogens is 1. The van der Waals surface area contributed by atoms with Crippen molar-refractivity contribution in [1.29, 1.82) is 0 Å². The van der Waals surface area contributed by atoms with Crippen LogP contribution < -0.4 is 27.4 Å². The van der Waals surface area contributed by atoms with Gasteiger partial charge in [0.2, 0.25) is 17.7 Å². The Bertz CT molecular complexity index is 1290. The van der Waals surface area contributed by atoms with Gasteiger partial charge in [0.25, 0.3) is 0 Å². The van der Waals surface area contributed by atoms with E-state index in [2.05, 4.69) is 20.9 Å². The number of hydrogen-bond donors (Lipinski definition) is 7. The molecule has 4 unspecified atom stereocenters. The predicted molar refractivity (Wildman–Crippen MR) is 152 cm³/mol. The van der Waals surface area contributed by atoms with Crippen LogP contribution in [0, 0.1) is 0 Å². The number of hydrogen-bond acceptors (Lipinski definition) is 6. The summed E-state index contributed by atoms with van der Waals surface area (Å²) in [5, 5.41) is 18.4. The number of aromatic nitrogens is 1. The molecule has 1 heterocycles. The van der Waals surface area contributed by atoms with Gasteiger partial charge in [0, 0.05) is 29.9 Å². The molecule has 4 atom stereocenters. The lowest BCUT2D eigenvalue weighted by atomic mass is 10.0. The van der Waals surface area contributed by atoms with E-state index in [1.54, 1.807) is 30.5 Å². The largest absolute Gasteiger partial charge is 0.480 e. The minimum atomic E-state index is -1.19. The van der Waals surface area contributed by atoms with E-state index in [1.165, 1.54) is 6.92 Å². The molecular weight excluding hydrogens is 512 g/mol. The van der Waals surface area contributed by atoms with Crippen molar-refractivity contribution in [3.8, 4) is 0 Å². The molecular formula is C29H38N6O5. The number of benzene rings is 2. The summed E-state index contributed by atoms with van der Waals surface area (Å²) in [6.45, 7) is 1.95. The number of rotatable bonds is 15. The number of nitrogens with one attached hydrogen (secondary N) is 4. The highest BCUT2D eigenvalue weighted by Crippen LogP contribution is 2.19. The van der Waals surface area contributed by atoms with Gasteiger partial charge in [0.1, 0.15) is 18.1 Å². The SMILES string of the molecule is CC(NC(=O)C(Cc1c[nH]c2ccccc12)NC(=O)C(N)CCCCN)C(=O)NC(Cc1ccccc1)C(=O)O. The van der Waals surface area contributed by atoms with Gasteiger partial charge in [0.05, 0.1) is 6.04 Å². The molecule has 9 N–H and O–H groups in total. The van der Waals surface area contributed by atoms with Crippen molar-refractivity contribution in [2.45, 2.75) is 63.2 Å². The first-order valence-corrected chi connectivity index (χ1v) is 13.4. The van der Waals surface area contributed by atoms with Crippen molar-refractivity contribution in [2.24, 2.45) is 11.5 Å². The third-order valence-electron chi connectivity index (χ3n) is 6.69. The monoisotopic (exact) mass is 550 g/mol. The summed E-state index contributed by atoms with van der Waals surface area (Å²) in [4.78, 5) is 54.0. The van der Waals surface area contributed by atoms with Crippen molar-refractivity contribution in [2.75, 3.05) is 6.54 Å². The summed E-state index contributed by atoms with van der Waals surface area (Å²) in [5.41, 5.74) is 14.0. The highest BCUT2D eigenvalue weighted by molar-refractivity contribution is 5.94. The van der Waals surface area contributed by atoms with Crippen LogP contribution >= 0.6 is 0 Å². The van der Waals surface area contributed by atoms with Crippen LogP contribution in [-0.4, -0.2) is 64.5 Å². The van der Waals surface area contributed by atoms with Crippen LogP contribution in [0.3, 0.4) is 0 Å². The molecule has 214 valence electrons. The molecule has 3 rings (SSSR count). The third-order valence-corrected chi connectivity index (χ3v) is 6.69. The Morgan fingerprint density at radius 3 is 2.23 bits per heavy atom. The van der Waals surface area contributed by atoms with Crippen LogP contribution in [-0.2, 0) is 32.0 Å². The van der Waals surface area contributed by atoms with Gasteiger partial charge in [-0.15, -0.1) is 0 Å². The molecule has 0 fully saturated rings. The van der Waals surface area contributed by atoms with Gasteiger partial charge >= 0.3 is 5.97 Å². The lowest BCUT2D eigenvalue weighted by Crippen LogP contribution is -2.57. The molecule has 3 amide bonds. The van der Waals surface area contributed by atoms with E-state index >= 15 is 0 Å². The van der Waals surface area contributed by atoms with Crippen molar-refractivity contribution in [1.82, 2.24) is 20.9 Å². The number of nitrogens with two attached hydrogens (primary N) is 2. The van der Waals surface area contributed by atoms with E-state index in [4.69, 9.17) is 11.5 Å². The van der Waals surface area contributed by atoms with Crippen LogP contribution in [0.15, 0.2) is 60.8 Å². The van der Waals surface area contributed by atoms with Crippen LogP contribution in [0.1, 0.15) is 37.3 Å². The fourth-order valence-electron chi connectivity index (χ4n) is 4.37. The molecule has 2 aromatic carbocycles. The summed E-state index contributed by atoms with van der Waals surface area (Å²) in [6, 6.07) is 12.4. The number of carboxylic acid groups (broad SMARTS) is 1. The molecule has 0 aliphatic heterocycles. The number of para-hydroxylation sites is 1. The first kappa shape index (κ1) is 30.3. The Labute approximate surface area is 233 Å². The second-order valence-corrected chi connectivity index (χ2v) is 9.84. The summed E-state index contributed by atoms with van der Waals surface area (Å²) >= 11 is 0. The van der Waals surface area contributed by atoms with Gasteiger partial charge in [-0.3, -0.25) is 14.4 Å². The maximum absolute atomic E-state index is 13.4. The summed E-state index contributed by atoms with van der Waals surface area (Å²) < 4.78 is 0. The third kappa shape index (κ3) is 8.65. The molecule has 0 saturated carbocycles. The standard InChI is InChI=1S/C29H38N6O5/c1-18(26(36)35-25(29(39)40)15-19-9-3-2-4-10-19)33-28(38)24(34-27(37)22(31)12-7-8-14-30)16-20-17-32-23-13-6-5-11-21(20)23/h2-6,9-11,13,17-18,22,24-25,32H,7-8,12,14-16,30-31H2,1H3,(H,33,38)(H,34,37)(H,35,36)(H,39,40). The Kier molecular flexibility index (Phi) is 11.2. The van der Waals surface area contributed by atoms with E-state index < -0.39 is 47.9 Å². The highest BCUT2D eigenvalue weighted by Gasteiger charge is 2.29. The van der Waals surface area contributed by atoms with Gasteiger partial charge in [0.15, 0.2) is 0 Å². The molecule has 0 saturated heterocycles. The molecule has 0 aliphatic carbocycles. The lowest BCUT2D eigenvalue weighted by Gasteiger charge is -2.23. The minimum Gasteiger partial charge on any atom is -0.480 e. The topological polar surface area (TPSA) is 192 Å². The predicted octanol–water partition coefficient (Wildman–Crippen LogP) is 0.968. The molecule has 0 spiro atoms.